The maximum atomic E-state index is 13.8. The zero-order chi connectivity index (χ0) is 24.0. The number of hydrogen-bond donors (Lipinski definition) is 0. The van der Waals surface area contributed by atoms with Gasteiger partial charge in [-0.2, -0.15) is 0 Å². The van der Waals surface area contributed by atoms with Gasteiger partial charge in [-0.25, -0.2) is 4.98 Å². The molecule has 2 aliphatic rings. The van der Waals surface area contributed by atoms with Crippen LogP contribution in [0.4, 0.5) is 5.13 Å². The molecule has 0 unspecified atom stereocenters. The molecule has 0 spiro atoms. The number of aromatic nitrogens is 1. The molecule has 5 nitrogen and oxygen atoms in total. The van der Waals surface area contributed by atoms with Crippen molar-refractivity contribution in [2.45, 2.75) is 45.1 Å². The Morgan fingerprint density at radius 1 is 0.971 bits per heavy atom. The molecule has 0 N–H and O–H groups in total. The number of benzene rings is 2. The highest BCUT2D eigenvalue weighted by atomic mass is 32.1. The van der Waals surface area contributed by atoms with E-state index in [1.807, 2.05) is 64.4 Å². The number of rotatable bonds is 6. The number of fused-ring (bicyclic) bond motifs is 1. The monoisotopic (exact) mass is 485 g/mol. The SMILES string of the molecule is O=C(C=Cc1ccccc1)N1CCC(C(=O)N(Cc2ccccc2)c2nc3c(s2)CCCC3)CC1. The predicted octanol–water partition coefficient (Wildman–Crippen LogP) is 5.51. The number of thiazole rings is 1. The molecule has 2 heterocycles. The van der Waals surface area contributed by atoms with Gasteiger partial charge in [0.15, 0.2) is 5.13 Å². The fraction of sp³-hybridized carbons (Fsp3) is 0.345. The van der Waals surface area contributed by atoms with E-state index < -0.39 is 0 Å². The Morgan fingerprint density at radius 3 is 2.37 bits per heavy atom. The van der Waals surface area contributed by atoms with E-state index in [2.05, 4.69) is 12.1 Å². The molecule has 35 heavy (non-hydrogen) atoms. The summed E-state index contributed by atoms with van der Waals surface area (Å²) in [4.78, 5) is 36.5. The molecule has 1 saturated heterocycles. The molecule has 2 amide bonds. The standard InChI is InChI=1S/C29H31N3O2S/c33-27(16-15-22-9-3-1-4-10-22)31-19-17-24(18-20-31)28(34)32(21-23-11-5-2-6-12-23)29-30-25-13-7-8-14-26(25)35-29/h1-6,9-12,15-16,24H,7-8,13-14,17-21H2. The fourth-order valence-electron chi connectivity index (χ4n) is 4.86. The van der Waals surface area contributed by atoms with E-state index in [1.54, 1.807) is 17.4 Å². The number of nitrogens with zero attached hydrogens (tertiary/aromatic N) is 3. The Labute approximate surface area is 211 Å². The lowest BCUT2D eigenvalue weighted by molar-refractivity contribution is -0.131. The lowest BCUT2D eigenvalue weighted by atomic mass is 9.95. The Morgan fingerprint density at radius 2 is 1.66 bits per heavy atom. The van der Waals surface area contributed by atoms with Crippen LogP contribution in [-0.2, 0) is 29.0 Å². The van der Waals surface area contributed by atoms with Crippen molar-refractivity contribution in [3.63, 3.8) is 0 Å². The van der Waals surface area contributed by atoms with Crippen LogP contribution in [0, 0.1) is 5.92 Å². The van der Waals surface area contributed by atoms with E-state index in [0.717, 1.165) is 29.1 Å². The summed E-state index contributed by atoms with van der Waals surface area (Å²) in [5.41, 5.74) is 3.29. The molecule has 6 heteroatoms. The van der Waals surface area contributed by atoms with Crippen LogP contribution in [0.25, 0.3) is 6.08 Å². The first-order chi connectivity index (χ1) is 17.2. The second kappa shape index (κ2) is 11.0. The van der Waals surface area contributed by atoms with Crippen LogP contribution in [0.3, 0.4) is 0 Å². The Balaban J connectivity index is 1.27. The van der Waals surface area contributed by atoms with Crippen molar-refractivity contribution in [3.8, 4) is 0 Å². The predicted molar refractivity (Wildman–Crippen MR) is 141 cm³/mol. The van der Waals surface area contributed by atoms with Crippen molar-refractivity contribution >= 4 is 34.4 Å². The van der Waals surface area contributed by atoms with Crippen molar-refractivity contribution in [2.24, 2.45) is 5.92 Å². The van der Waals surface area contributed by atoms with E-state index in [-0.39, 0.29) is 17.7 Å². The molecule has 0 saturated carbocycles. The van der Waals surface area contributed by atoms with Crippen LogP contribution in [0.2, 0.25) is 0 Å². The van der Waals surface area contributed by atoms with Crippen LogP contribution in [0.15, 0.2) is 66.7 Å². The lowest BCUT2D eigenvalue weighted by Gasteiger charge is -2.33. The van der Waals surface area contributed by atoms with Crippen LogP contribution in [0.5, 0.6) is 0 Å². The molecular weight excluding hydrogens is 454 g/mol. The minimum Gasteiger partial charge on any atom is -0.339 e. The highest BCUT2D eigenvalue weighted by Gasteiger charge is 2.32. The quantitative estimate of drug-likeness (QED) is 0.433. The molecule has 5 rings (SSSR count). The van der Waals surface area contributed by atoms with Crippen LogP contribution in [-0.4, -0.2) is 34.8 Å². The zero-order valence-electron chi connectivity index (χ0n) is 19.9. The van der Waals surface area contributed by atoms with E-state index >= 15 is 0 Å². The third-order valence-corrected chi connectivity index (χ3v) is 8.07. The first kappa shape index (κ1) is 23.5. The lowest BCUT2D eigenvalue weighted by Crippen LogP contribution is -2.44. The van der Waals surface area contributed by atoms with E-state index in [0.29, 0.717) is 32.5 Å². The van der Waals surface area contributed by atoms with E-state index in [4.69, 9.17) is 4.98 Å². The summed E-state index contributed by atoms with van der Waals surface area (Å²) in [6.07, 6.45) is 9.30. The number of carbonyl (C=O) groups is 2. The molecule has 0 bridgehead atoms. The van der Waals surface area contributed by atoms with Gasteiger partial charge in [-0.15, -0.1) is 11.3 Å². The summed E-state index contributed by atoms with van der Waals surface area (Å²) >= 11 is 1.69. The molecule has 0 radical (unpaired) electrons. The summed E-state index contributed by atoms with van der Waals surface area (Å²) in [5.74, 6) is 0.0437. The summed E-state index contributed by atoms with van der Waals surface area (Å²) in [6.45, 7) is 1.73. The second-order valence-electron chi connectivity index (χ2n) is 9.33. The van der Waals surface area contributed by atoms with Crippen molar-refractivity contribution in [3.05, 3.63) is 88.4 Å². The Bertz CT molecular complexity index is 1160. The number of carbonyl (C=O) groups excluding carboxylic acids is 2. The highest BCUT2D eigenvalue weighted by Crippen LogP contribution is 2.34. The van der Waals surface area contributed by atoms with Gasteiger partial charge >= 0.3 is 0 Å². The Hall–Kier alpha value is -3.25. The number of hydrogen-bond acceptors (Lipinski definition) is 4. The summed E-state index contributed by atoms with van der Waals surface area (Å²) < 4.78 is 0. The molecule has 1 fully saturated rings. The van der Waals surface area contributed by atoms with Crippen LogP contribution in [0.1, 0.15) is 47.4 Å². The van der Waals surface area contributed by atoms with Crippen molar-refractivity contribution < 1.29 is 9.59 Å². The van der Waals surface area contributed by atoms with Gasteiger partial charge < -0.3 is 4.90 Å². The van der Waals surface area contributed by atoms with Gasteiger partial charge in [-0.3, -0.25) is 14.5 Å². The molecular formula is C29H31N3O2S. The molecule has 180 valence electrons. The summed E-state index contributed by atoms with van der Waals surface area (Å²) in [6, 6.07) is 20.0. The first-order valence-electron chi connectivity index (χ1n) is 12.5. The fourth-order valence-corrected chi connectivity index (χ4v) is 6.02. The van der Waals surface area contributed by atoms with Crippen molar-refractivity contribution in [2.75, 3.05) is 18.0 Å². The second-order valence-corrected chi connectivity index (χ2v) is 10.4. The van der Waals surface area contributed by atoms with Gasteiger partial charge in [0.1, 0.15) is 0 Å². The van der Waals surface area contributed by atoms with Crippen LogP contribution < -0.4 is 4.90 Å². The van der Waals surface area contributed by atoms with Crippen LogP contribution >= 0.6 is 11.3 Å². The largest absolute Gasteiger partial charge is 0.339 e. The third-order valence-electron chi connectivity index (χ3n) is 6.89. The summed E-state index contributed by atoms with van der Waals surface area (Å²) in [5, 5.41) is 0.829. The molecule has 2 aromatic carbocycles. The smallest absolute Gasteiger partial charge is 0.246 e. The van der Waals surface area contributed by atoms with E-state index in [9.17, 15) is 9.59 Å². The van der Waals surface area contributed by atoms with E-state index in [1.165, 1.54) is 23.4 Å². The molecule has 1 aromatic heterocycles. The average molecular weight is 486 g/mol. The maximum Gasteiger partial charge on any atom is 0.246 e. The average Bonchev–Trinajstić information content (AvgIpc) is 3.35. The molecule has 0 atom stereocenters. The van der Waals surface area contributed by atoms with Gasteiger partial charge in [0.05, 0.1) is 12.2 Å². The number of anilines is 1. The van der Waals surface area contributed by atoms with Gasteiger partial charge in [-0.1, -0.05) is 60.7 Å². The molecule has 1 aliphatic carbocycles. The minimum atomic E-state index is -0.0956. The number of aryl methyl sites for hydroxylation is 2. The van der Waals surface area contributed by atoms with Gasteiger partial charge in [0.25, 0.3) is 0 Å². The van der Waals surface area contributed by atoms with Crippen molar-refractivity contribution in [1.82, 2.24) is 9.88 Å². The van der Waals surface area contributed by atoms with Gasteiger partial charge in [0.2, 0.25) is 11.8 Å². The molecule has 3 aromatic rings. The topological polar surface area (TPSA) is 53.5 Å². The normalized spacial score (nSPS) is 16.3. The maximum absolute atomic E-state index is 13.8. The highest BCUT2D eigenvalue weighted by molar-refractivity contribution is 7.15. The van der Waals surface area contributed by atoms with Gasteiger partial charge in [-0.05, 0) is 55.7 Å². The minimum absolute atomic E-state index is 0.00786. The van der Waals surface area contributed by atoms with Gasteiger partial charge in [0, 0.05) is 30.0 Å². The van der Waals surface area contributed by atoms with Crippen molar-refractivity contribution in [1.29, 1.82) is 0 Å². The number of amides is 2. The number of likely N-dealkylation sites (tertiary alicyclic amines) is 1. The summed E-state index contributed by atoms with van der Waals surface area (Å²) in [7, 11) is 0. The Kier molecular flexibility index (Phi) is 7.38. The zero-order valence-corrected chi connectivity index (χ0v) is 20.8. The first-order valence-corrected chi connectivity index (χ1v) is 13.3. The third kappa shape index (κ3) is 5.70. The molecule has 1 aliphatic heterocycles. The number of piperidine rings is 1.